The third kappa shape index (κ3) is 2.97. The van der Waals surface area contributed by atoms with Crippen molar-refractivity contribution in [3.05, 3.63) is 17.0 Å². The lowest BCUT2D eigenvalue weighted by Gasteiger charge is -2.11. The highest BCUT2D eigenvalue weighted by Gasteiger charge is 2.27. The number of carbonyl (C=O) groups excluding carboxylic acids is 1. The van der Waals surface area contributed by atoms with Crippen LogP contribution in [-0.2, 0) is 9.84 Å². The predicted octanol–water partition coefficient (Wildman–Crippen LogP) is 0.789. The van der Waals surface area contributed by atoms with Crippen LogP contribution < -0.4 is 5.32 Å². The summed E-state index contributed by atoms with van der Waals surface area (Å²) >= 11 is 5.75. The van der Waals surface area contributed by atoms with Crippen molar-refractivity contribution in [3.63, 3.8) is 0 Å². The van der Waals surface area contributed by atoms with Gasteiger partial charge >= 0.3 is 0 Å². The summed E-state index contributed by atoms with van der Waals surface area (Å²) in [5.41, 5.74) is 0.194. The van der Waals surface area contributed by atoms with Crippen molar-refractivity contribution in [1.29, 1.82) is 0 Å². The van der Waals surface area contributed by atoms with Gasteiger partial charge in [0.05, 0.1) is 17.1 Å². The molecule has 0 aromatic carbocycles. The molecule has 1 atom stereocenters. The summed E-state index contributed by atoms with van der Waals surface area (Å²) < 4.78 is 22.6. The third-order valence-electron chi connectivity index (χ3n) is 2.84. The predicted molar refractivity (Wildman–Crippen MR) is 67.7 cm³/mol. The van der Waals surface area contributed by atoms with Crippen LogP contribution in [0, 0.1) is 5.92 Å². The SMILES string of the molecule is O=Cc1c(Cl)ncnc1NCC1CCS(=O)(=O)C1. The highest BCUT2D eigenvalue weighted by Crippen LogP contribution is 2.21. The van der Waals surface area contributed by atoms with Gasteiger partial charge in [0.2, 0.25) is 0 Å². The van der Waals surface area contributed by atoms with Crippen LogP contribution in [0.25, 0.3) is 0 Å². The van der Waals surface area contributed by atoms with Gasteiger partial charge in [0.25, 0.3) is 0 Å². The van der Waals surface area contributed by atoms with Crippen molar-refractivity contribution in [1.82, 2.24) is 9.97 Å². The van der Waals surface area contributed by atoms with Crippen LogP contribution in [0.2, 0.25) is 5.15 Å². The number of rotatable bonds is 4. The van der Waals surface area contributed by atoms with E-state index in [1.54, 1.807) is 0 Å². The molecule has 1 unspecified atom stereocenters. The second-order valence-corrected chi connectivity index (χ2v) is 6.78. The van der Waals surface area contributed by atoms with E-state index >= 15 is 0 Å². The maximum Gasteiger partial charge on any atom is 0.156 e. The lowest BCUT2D eigenvalue weighted by molar-refractivity contribution is 0.112. The molecular weight excluding hydrogens is 278 g/mol. The molecule has 1 aliphatic heterocycles. The van der Waals surface area contributed by atoms with Crippen LogP contribution in [0.15, 0.2) is 6.33 Å². The van der Waals surface area contributed by atoms with E-state index in [4.69, 9.17) is 11.6 Å². The monoisotopic (exact) mass is 289 g/mol. The molecule has 2 heterocycles. The second-order valence-electron chi connectivity index (χ2n) is 4.19. The van der Waals surface area contributed by atoms with E-state index < -0.39 is 9.84 Å². The molecule has 1 fully saturated rings. The Bertz CT molecular complexity index is 561. The van der Waals surface area contributed by atoms with Crippen LogP contribution in [0.5, 0.6) is 0 Å². The number of aldehydes is 1. The van der Waals surface area contributed by atoms with Crippen molar-refractivity contribution in [3.8, 4) is 0 Å². The van der Waals surface area contributed by atoms with Gasteiger partial charge in [-0.2, -0.15) is 0 Å². The first-order valence-electron chi connectivity index (χ1n) is 5.42. The Hall–Kier alpha value is -1.21. The van der Waals surface area contributed by atoms with E-state index in [0.717, 1.165) is 0 Å². The number of nitrogens with one attached hydrogen (secondary N) is 1. The molecule has 0 radical (unpaired) electrons. The van der Waals surface area contributed by atoms with Crippen molar-refractivity contribution >= 4 is 33.5 Å². The van der Waals surface area contributed by atoms with Gasteiger partial charge in [-0.3, -0.25) is 4.79 Å². The highest BCUT2D eigenvalue weighted by atomic mass is 35.5. The fourth-order valence-corrected chi connectivity index (χ4v) is 3.93. The molecule has 1 aliphatic rings. The van der Waals surface area contributed by atoms with Gasteiger partial charge < -0.3 is 5.32 Å². The summed E-state index contributed by atoms with van der Waals surface area (Å²) in [5, 5.41) is 3.04. The molecular formula is C10H12ClN3O3S. The van der Waals surface area contributed by atoms with Gasteiger partial charge in [0.1, 0.15) is 17.3 Å². The van der Waals surface area contributed by atoms with E-state index in [-0.39, 0.29) is 28.1 Å². The summed E-state index contributed by atoms with van der Waals surface area (Å²) in [4.78, 5) is 18.5. The number of halogens is 1. The Morgan fingerprint density at radius 2 is 2.28 bits per heavy atom. The molecule has 0 saturated carbocycles. The zero-order valence-corrected chi connectivity index (χ0v) is 11.0. The van der Waals surface area contributed by atoms with E-state index in [0.29, 0.717) is 25.1 Å². The Morgan fingerprint density at radius 3 is 2.89 bits per heavy atom. The molecule has 0 amide bonds. The number of anilines is 1. The van der Waals surface area contributed by atoms with E-state index in [9.17, 15) is 13.2 Å². The maximum absolute atomic E-state index is 11.3. The zero-order valence-electron chi connectivity index (χ0n) is 9.47. The Balaban J connectivity index is 2.03. The van der Waals surface area contributed by atoms with Gasteiger partial charge in [0, 0.05) is 6.54 Å². The molecule has 8 heteroatoms. The molecule has 98 valence electrons. The zero-order chi connectivity index (χ0) is 13.2. The van der Waals surface area contributed by atoms with Gasteiger partial charge in [-0.1, -0.05) is 11.6 Å². The molecule has 1 aromatic heterocycles. The Morgan fingerprint density at radius 1 is 1.50 bits per heavy atom. The molecule has 1 saturated heterocycles. The normalized spacial score (nSPS) is 21.7. The lowest BCUT2D eigenvalue weighted by Crippen LogP contribution is -2.17. The largest absolute Gasteiger partial charge is 0.369 e. The molecule has 1 aromatic rings. The smallest absolute Gasteiger partial charge is 0.156 e. The average Bonchev–Trinajstić information content (AvgIpc) is 2.66. The van der Waals surface area contributed by atoms with Crippen LogP contribution in [-0.4, -0.2) is 42.7 Å². The fourth-order valence-electron chi connectivity index (χ4n) is 1.89. The number of carbonyl (C=O) groups is 1. The first kappa shape index (κ1) is 13.2. The van der Waals surface area contributed by atoms with Crippen LogP contribution in [0.3, 0.4) is 0 Å². The summed E-state index contributed by atoms with van der Waals surface area (Å²) in [5.74, 6) is 0.789. The van der Waals surface area contributed by atoms with Crippen LogP contribution in [0.4, 0.5) is 5.82 Å². The van der Waals surface area contributed by atoms with Crippen molar-refractivity contribution < 1.29 is 13.2 Å². The minimum Gasteiger partial charge on any atom is -0.369 e. The minimum atomic E-state index is -2.89. The van der Waals surface area contributed by atoms with Crippen molar-refractivity contribution in [2.24, 2.45) is 5.92 Å². The van der Waals surface area contributed by atoms with Crippen molar-refractivity contribution in [2.45, 2.75) is 6.42 Å². The summed E-state index contributed by atoms with van der Waals surface area (Å²) in [7, 11) is -2.89. The number of aromatic nitrogens is 2. The molecule has 6 nitrogen and oxygen atoms in total. The maximum atomic E-state index is 11.3. The summed E-state index contributed by atoms with van der Waals surface area (Å²) in [6, 6.07) is 0. The second kappa shape index (κ2) is 5.19. The van der Waals surface area contributed by atoms with Gasteiger partial charge in [-0.05, 0) is 12.3 Å². The number of hydrogen-bond acceptors (Lipinski definition) is 6. The molecule has 0 aliphatic carbocycles. The third-order valence-corrected chi connectivity index (χ3v) is 4.98. The van der Waals surface area contributed by atoms with E-state index in [1.165, 1.54) is 6.33 Å². The number of hydrogen-bond donors (Lipinski definition) is 1. The molecule has 0 spiro atoms. The van der Waals surface area contributed by atoms with Gasteiger partial charge in [0.15, 0.2) is 16.1 Å². The van der Waals surface area contributed by atoms with Gasteiger partial charge in [-0.15, -0.1) is 0 Å². The fraction of sp³-hybridized carbons (Fsp3) is 0.500. The number of sulfone groups is 1. The molecule has 1 N–H and O–H groups in total. The lowest BCUT2D eigenvalue weighted by atomic mass is 10.1. The van der Waals surface area contributed by atoms with Crippen molar-refractivity contribution in [2.75, 3.05) is 23.4 Å². The number of nitrogens with zero attached hydrogens (tertiary/aromatic N) is 2. The Kier molecular flexibility index (Phi) is 3.82. The first-order chi connectivity index (χ1) is 8.52. The summed E-state index contributed by atoms with van der Waals surface area (Å²) in [6.07, 6.45) is 2.46. The first-order valence-corrected chi connectivity index (χ1v) is 7.62. The van der Waals surface area contributed by atoms with Crippen LogP contribution >= 0.6 is 11.6 Å². The minimum absolute atomic E-state index is 0.0447. The van der Waals surface area contributed by atoms with E-state index in [1.807, 2.05) is 0 Å². The standard InChI is InChI=1S/C10H12ClN3O3S/c11-9-8(4-15)10(14-6-13-9)12-3-7-1-2-18(16,17)5-7/h4,6-7H,1-3,5H2,(H,12,13,14). The topological polar surface area (TPSA) is 89.0 Å². The van der Waals surface area contributed by atoms with Crippen LogP contribution in [0.1, 0.15) is 16.8 Å². The molecule has 18 heavy (non-hydrogen) atoms. The van der Waals surface area contributed by atoms with Gasteiger partial charge in [-0.25, -0.2) is 18.4 Å². The molecule has 2 rings (SSSR count). The average molecular weight is 290 g/mol. The quantitative estimate of drug-likeness (QED) is 0.651. The summed E-state index contributed by atoms with van der Waals surface area (Å²) in [6.45, 7) is 0.452. The highest BCUT2D eigenvalue weighted by molar-refractivity contribution is 7.91. The Labute approximate surface area is 110 Å². The molecule has 0 bridgehead atoms. The van der Waals surface area contributed by atoms with E-state index in [2.05, 4.69) is 15.3 Å².